The van der Waals surface area contributed by atoms with Gasteiger partial charge in [0.05, 0.1) is 12.0 Å². The Morgan fingerprint density at radius 2 is 1.86 bits per heavy atom. The van der Waals surface area contributed by atoms with Crippen LogP contribution in [-0.4, -0.2) is 46.0 Å². The van der Waals surface area contributed by atoms with Gasteiger partial charge in [-0.15, -0.1) is 0 Å². The first-order chi connectivity index (χ1) is 13.8. The molecule has 3 fully saturated rings. The van der Waals surface area contributed by atoms with E-state index in [4.69, 9.17) is 4.74 Å². The van der Waals surface area contributed by atoms with Gasteiger partial charge >= 0.3 is 0 Å². The number of nitrogens with one attached hydrogen (secondary N) is 1. The molecule has 154 valence electrons. The summed E-state index contributed by atoms with van der Waals surface area (Å²) in [5.74, 6) is -0.451. The van der Waals surface area contributed by atoms with Crippen molar-refractivity contribution in [2.75, 3.05) is 0 Å². The van der Waals surface area contributed by atoms with Crippen LogP contribution in [-0.2, 0) is 14.3 Å². The SMILES string of the molecule is CC(C)(C)N1C(=O)[C@H]2[C@@H](c3ccccc3)[C@H]3C=C[C@@]2(O3)[C@H]1C(=O)NC1CCCC1. The number of nitrogens with zero attached hydrogens (tertiary/aromatic N) is 1. The predicted octanol–water partition coefficient (Wildman–Crippen LogP) is 3.16. The number of amides is 2. The molecule has 0 aromatic heterocycles. The maximum atomic E-state index is 13.8. The second kappa shape index (κ2) is 6.43. The molecule has 1 N–H and O–H groups in total. The lowest BCUT2D eigenvalue weighted by molar-refractivity contribution is -0.145. The minimum atomic E-state index is -0.877. The molecule has 1 aliphatic carbocycles. The molecule has 5 heteroatoms. The van der Waals surface area contributed by atoms with Crippen molar-refractivity contribution in [1.29, 1.82) is 0 Å². The van der Waals surface area contributed by atoms with Crippen LogP contribution in [0.25, 0.3) is 0 Å². The van der Waals surface area contributed by atoms with Crippen molar-refractivity contribution in [2.24, 2.45) is 5.92 Å². The molecule has 1 aromatic rings. The summed E-state index contributed by atoms with van der Waals surface area (Å²) in [5, 5.41) is 3.24. The second-order valence-corrected chi connectivity index (χ2v) is 9.98. The third-order valence-corrected chi connectivity index (χ3v) is 7.13. The van der Waals surface area contributed by atoms with Gasteiger partial charge in [0.15, 0.2) is 0 Å². The van der Waals surface area contributed by atoms with Crippen molar-refractivity contribution >= 4 is 11.8 Å². The predicted molar refractivity (Wildman–Crippen MR) is 110 cm³/mol. The first-order valence-corrected chi connectivity index (χ1v) is 10.9. The van der Waals surface area contributed by atoms with Gasteiger partial charge in [-0.3, -0.25) is 9.59 Å². The van der Waals surface area contributed by atoms with Crippen LogP contribution in [0.5, 0.6) is 0 Å². The number of carbonyl (C=O) groups is 2. The van der Waals surface area contributed by atoms with E-state index in [1.165, 1.54) is 0 Å². The average molecular weight is 395 g/mol. The van der Waals surface area contributed by atoms with E-state index in [2.05, 4.69) is 23.5 Å². The maximum Gasteiger partial charge on any atom is 0.246 e. The number of hydrogen-bond acceptors (Lipinski definition) is 3. The molecule has 3 aliphatic heterocycles. The standard InChI is InChI=1S/C24H30N2O3/c1-23(2,3)26-20(21(27)25-16-11-7-8-12-16)24-14-13-17(29-24)18(19(24)22(26)28)15-9-5-4-6-10-15/h4-6,9-10,13-14,16-20H,7-8,11-12H2,1-3H3,(H,25,27)/t17-,18+,19-,20-,24+/m1/s1. The van der Waals surface area contributed by atoms with Crippen LogP contribution in [0.4, 0.5) is 0 Å². The molecule has 1 aromatic carbocycles. The molecule has 3 heterocycles. The summed E-state index contributed by atoms with van der Waals surface area (Å²) in [6, 6.07) is 9.71. The second-order valence-electron chi connectivity index (χ2n) is 9.98. The van der Waals surface area contributed by atoms with Gasteiger partial charge in [-0.25, -0.2) is 0 Å². The minimum Gasteiger partial charge on any atom is -0.359 e. The molecule has 29 heavy (non-hydrogen) atoms. The van der Waals surface area contributed by atoms with Crippen molar-refractivity contribution in [1.82, 2.24) is 10.2 Å². The van der Waals surface area contributed by atoms with Crippen molar-refractivity contribution in [3.8, 4) is 0 Å². The van der Waals surface area contributed by atoms with E-state index in [0.717, 1.165) is 31.2 Å². The smallest absolute Gasteiger partial charge is 0.246 e. The zero-order chi connectivity index (χ0) is 20.4. The molecule has 1 spiro atoms. The van der Waals surface area contributed by atoms with Crippen LogP contribution in [0.2, 0.25) is 0 Å². The Morgan fingerprint density at radius 3 is 2.52 bits per heavy atom. The Morgan fingerprint density at radius 1 is 1.17 bits per heavy atom. The number of benzene rings is 1. The summed E-state index contributed by atoms with van der Waals surface area (Å²) in [6.07, 6.45) is 8.25. The van der Waals surface area contributed by atoms with Crippen LogP contribution in [0.3, 0.4) is 0 Å². The number of hydrogen-bond donors (Lipinski definition) is 1. The topological polar surface area (TPSA) is 58.6 Å². The van der Waals surface area contributed by atoms with Crippen molar-refractivity contribution in [3.05, 3.63) is 48.0 Å². The Labute approximate surface area is 172 Å². The molecule has 2 bridgehead atoms. The zero-order valence-corrected chi connectivity index (χ0v) is 17.4. The normalized spacial score (nSPS) is 36.1. The van der Waals surface area contributed by atoms with Crippen molar-refractivity contribution in [2.45, 2.75) is 81.7 Å². The Balaban J connectivity index is 1.56. The largest absolute Gasteiger partial charge is 0.359 e. The zero-order valence-electron chi connectivity index (χ0n) is 17.4. The Kier molecular flexibility index (Phi) is 4.18. The lowest BCUT2D eigenvalue weighted by Crippen LogP contribution is -2.60. The first kappa shape index (κ1) is 18.9. The third kappa shape index (κ3) is 2.70. The van der Waals surface area contributed by atoms with Crippen LogP contribution >= 0.6 is 0 Å². The number of likely N-dealkylation sites (tertiary alicyclic amines) is 1. The van der Waals surface area contributed by atoms with E-state index >= 15 is 0 Å². The molecular formula is C24H30N2O3. The van der Waals surface area contributed by atoms with Gasteiger partial charge in [-0.1, -0.05) is 55.3 Å². The molecule has 2 amide bonds. The lowest BCUT2D eigenvalue weighted by Gasteiger charge is -2.40. The molecule has 1 saturated carbocycles. The molecule has 0 unspecified atom stereocenters. The molecule has 0 radical (unpaired) electrons. The van der Waals surface area contributed by atoms with Gasteiger partial charge in [0.1, 0.15) is 11.6 Å². The molecule has 5 nitrogen and oxygen atoms in total. The van der Waals surface area contributed by atoms with Gasteiger partial charge < -0.3 is 15.0 Å². The fraction of sp³-hybridized carbons (Fsp3) is 0.583. The fourth-order valence-electron chi connectivity index (χ4n) is 6.00. The summed E-state index contributed by atoms with van der Waals surface area (Å²) in [6.45, 7) is 6.02. The van der Waals surface area contributed by atoms with E-state index in [0.29, 0.717) is 0 Å². The highest BCUT2D eigenvalue weighted by Gasteiger charge is 2.72. The highest BCUT2D eigenvalue weighted by molar-refractivity contribution is 5.97. The van der Waals surface area contributed by atoms with E-state index in [9.17, 15) is 9.59 Å². The number of fused-ring (bicyclic) bond motifs is 1. The third-order valence-electron chi connectivity index (χ3n) is 7.13. The van der Waals surface area contributed by atoms with Crippen LogP contribution in [0, 0.1) is 5.92 Å². The summed E-state index contributed by atoms with van der Waals surface area (Å²) in [7, 11) is 0. The quantitative estimate of drug-likeness (QED) is 0.801. The first-order valence-electron chi connectivity index (χ1n) is 10.9. The summed E-state index contributed by atoms with van der Waals surface area (Å²) in [5.41, 5.74) is -0.240. The monoisotopic (exact) mass is 394 g/mol. The Bertz CT molecular complexity index is 853. The van der Waals surface area contributed by atoms with Gasteiger partial charge in [-0.05, 0) is 39.2 Å². The van der Waals surface area contributed by atoms with Crippen molar-refractivity contribution < 1.29 is 14.3 Å². The van der Waals surface area contributed by atoms with Gasteiger partial charge in [0.2, 0.25) is 11.8 Å². The molecule has 2 saturated heterocycles. The summed E-state index contributed by atoms with van der Waals surface area (Å²) >= 11 is 0. The fourth-order valence-corrected chi connectivity index (χ4v) is 6.00. The molecule has 4 aliphatic rings. The highest BCUT2D eigenvalue weighted by Crippen LogP contribution is 2.59. The average Bonchev–Trinajstić information content (AvgIpc) is 3.43. The van der Waals surface area contributed by atoms with Crippen LogP contribution in [0.15, 0.2) is 42.5 Å². The number of ether oxygens (including phenoxy) is 1. The maximum absolute atomic E-state index is 13.8. The van der Waals surface area contributed by atoms with Gasteiger partial charge in [-0.2, -0.15) is 0 Å². The van der Waals surface area contributed by atoms with Gasteiger partial charge in [0, 0.05) is 17.5 Å². The van der Waals surface area contributed by atoms with Crippen LogP contribution in [0.1, 0.15) is 57.9 Å². The lowest BCUT2D eigenvalue weighted by atomic mass is 9.72. The van der Waals surface area contributed by atoms with Gasteiger partial charge in [0.25, 0.3) is 0 Å². The highest BCUT2D eigenvalue weighted by atomic mass is 16.5. The summed E-state index contributed by atoms with van der Waals surface area (Å²) < 4.78 is 6.51. The number of carbonyl (C=O) groups excluding carboxylic acids is 2. The minimum absolute atomic E-state index is 0.0322. The van der Waals surface area contributed by atoms with E-state index in [1.807, 2.05) is 45.0 Å². The van der Waals surface area contributed by atoms with E-state index in [-0.39, 0.29) is 35.8 Å². The number of rotatable bonds is 3. The molecular weight excluding hydrogens is 364 g/mol. The van der Waals surface area contributed by atoms with E-state index < -0.39 is 17.2 Å². The van der Waals surface area contributed by atoms with Crippen LogP contribution < -0.4 is 5.32 Å². The Hall–Kier alpha value is -2.14. The molecule has 5 rings (SSSR count). The molecule has 5 atom stereocenters. The summed E-state index contributed by atoms with van der Waals surface area (Å²) in [4.78, 5) is 29.1. The van der Waals surface area contributed by atoms with Crippen molar-refractivity contribution in [3.63, 3.8) is 0 Å². The van der Waals surface area contributed by atoms with E-state index in [1.54, 1.807) is 4.90 Å².